The zero-order chi connectivity index (χ0) is 23.4. The summed E-state index contributed by atoms with van der Waals surface area (Å²) in [5.74, 6) is -0.689. The molecule has 1 heterocycles. The van der Waals surface area contributed by atoms with Gasteiger partial charge in [-0.1, -0.05) is 17.7 Å². The van der Waals surface area contributed by atoms with E-state index in [0.29, 0.717) is 12.0 Å². The lowest BCUT2D eigenvalue weighted by Gasteiger charge is -2.17. The van der Waals surface area contributed by atoms with Crippen LogP contribution in [0.2, 0.25) is 0 Å². The van der Waals surface area contributed by atoms with E-state index in [1.807, 2.05) is 6.92 Å². The van der Waals surface area contributed by atoms with Crippen molar-refractivity contribution >= 4 is 26.8 Å². The second kappa shape index (κ2) is 7.63. The normalized spacial score (nSPS) is 18.7. The Morgan fingerprint density at radius 1 is 1.16 bits per heavy atom. The van der Waals surface area contributed by atoms with Crippen LogP contribution >= 0.6 is 0 Å². The fourth-order valence-electron chi connectivity index (χ4n) is 3.99. The van der Waals surface area contributed by atoms with Crippen molar-refractivity contribution in [2.75, 3.05) is 7.11 Å². The SMILES string of the molecule is CON(C(C)=O)[C@@H]1C[C@H]1c1cn(S(=O)(=O)c2ccc(C)cc2)c2ccc(C(F)(F)F)cc12. The highest BCUT2D eigenvalue weighted by Gasteiger charge is 2.47. The van der Waals surface area contributed by atoms with E-state index in [-0.39, 0.29) is 33.7 Å². The summed E-state index contributed by atoms with van der Waals surface area (Å²) in [5.41, 5.74) is 0.576. The molecule has 1 amide bonds. The van der Waals surface area contributed by atoms with Crippen LogP contribution in [0.4, 0.5) is 13.2 Å². The number of carbonyl (C=O) groups is 1. The summed E-state index contributed by atoms with van der Waals surface area (Å²) >= 11 is 0. The minimum Gasteiger partial charge on any atom is -0.274 e. The van der Waals surface area contributed by atoms with Gasteiger partial charge < -0.3 is 0 Å². The number of nitrogens with zero attached hydrogens (tertiary/aromatic N) is 2. The predicted molar refractivity (Wildman–Crippen MR) is 111 cm³/mol. The van der Waals surface area contributed by atoms with Gasteiger partial charge >= 0.3 is 6.18 Å². The smallest absolute Gasteiger partial charge is 0.274 e. The highest BCUT2D eigenvalue weighted by atomic mass is 32.2. The Morgan fingerprint density at radius 2 is 1.81 bits per heavy atom. The van der Waals surface area contributed by atoms with E-state index in [1.54, 1.807) is 12.1 Å². The number of hydrogen-bond donors (Lipinski definition) is 0. The van der Waals surface area contributed by atoms with E-state index < -0.39 is 21.8 Å². The molecule has 1 saturated carbocycles. The third kappa shape index (κ3) is 3.77. The maximum absolute atomic E-state index is 13.4. The number of hydroxylamine groups is 2. The maximum atomic E-state index is 13.4. The third-order valence-electron chi connectivity index (χ3n) is 5.67. The molecule has 0 unspecified atom stereocenters. The van der Waals surface area contributed by atoms with Crippen LogP contribution in [0.3, 0.4) is 0 Å². The zero-order valence-electron chi connectivity index (χ0n) is 17.6. The van der Waals surface area contributed by atoms with Crippen molar-refractivity contribution in [1.82, 2.24) is 9.04 Å². The van der Waals surface area contributed by atoms with Gasteiger partial charge in [-0.25, -0.2) is 17.5 Å². The number of halogens is 3. The lowest BCUT2D eigenvalue weighted by Crippen LogP contribution is -2.30. The van der Waals surface area contributed by atoms with E-state index in [0.717, 1.165) is 26.7 Å². The molecule has 0 bridgehead atoms. The quantitative estimate of drug-likeness (QED) is 0.521. The molecule has 32 heavy (non-hydrogen) atoms. The number of benzene rings is 2. The van der Waals surface area contributed by atoms with Crippen molar-refractivity contribution in [1.29, 1.82) is 0 Å². The molecular weight excluding hydrogens is 445 g/mol. The van der Waals surface area contributed by atoms with Crippen molar-refractivity contribution in [2.24, 2.45) is 0 Å². The highest BCUT2D eigenvalue weighted by molar-refractivity contribution is 7.90. The van der Waals surface area contributed by atoms with Crippen LogP contribution in [0.1, 0.15) is 36.0 Å². The number of aryl methyl sites for hydroxylation is 1. The second-order valence-corrected chi connectivity index (χ2v) is 9.68. The van der Waals surface area contributed by atoms with Gasteiger partial charge in [-0.15, -0.1) is 0 Å². The summed E-state index contributed by atoms with van der Waals surface area (Å²) in [6.45, 7) is 3.15. The molecule has 0 spiro atoms. The average molecular weight is 466 g/mol. The minimum atomic E-state index is -4.58. The Morgan fingerprint density at radius 3 is 2.38 bits per heavy atom. The van der Waals surface area contributed by atoms with E-state index in [1.165, 1.54) is 38.4 Å². The van der Waals surface area contributed by atoms with Gasteiger partial charge in [0.25, 0.3) is 10.0 Å². The lowest BCUT2D eigenvalue weighted by atomic mass is 10.1. The van der Waals surface area contributed by atoms with Gasteiger partial charge in [-0.2, -0.15) is 13.2 Å². The number of fused-ring (bicyclic) bond motifs is 1. The fraction of sp³-hybridized carbons (Fsp3) is 0.318. The Labute approximate surface area is 183 Å². The van der Waals surface area contributed by atoms with Gasteiger partial charge in [0.05, 0.1) is 29.1 Å². The fourth-order valence-corrected chi connectivity index (χ4v) is 5.37. The van der Waals surface area contributed by atoms with Crippen molar-refractivity contribution in [2.45, 2.75) is 43.3 Å². The molecule has 6 nitrogen and oxygen atoms in total. The van der Waals surface area contributed by atoms with E-state index >= 15 is 0 Å². The largest absolute Gasteiger partial charge is 0.416 e. The molecule has 0 saturated heterocycles. The third-order valence-corrected chi connectivity index (χ3v) is 7.36. The van der Waals surface area contributed by atoms with Gasteiger partial charge in [-0.3, -0.25) is 9.63 Å². The van der Waals surface area contributed by atoms with Gasteiger partial charge in [0.2, 0.25) is 5.91 Å². The van der Waals surface area contributed by atoms with Gasteiger partial charge in [0.15, 0.2) is 0 Å². The van der Waals surface area contributed by atoms with Crippen LogP contribution in [0.15, 0.2) is 53.6 Å². The first-order valence-electron chi connectivity index (χ1n) is 9.83. The molecular formula is C22H21F3N2O4S. The molecule has 3 aromatic rings. The number of carbonyl (C=O) groups excluding carboxylic acids is 1. The number of amides is 1. The number of alkyl halides is 3. The topological polar surface area (TPSA) is 68.6 Å². The molecule has 1 aliphatic carbocycles. The Balaban J connectivity index is 1.88. The van der Waals surface area contributed by atoms with Crippen molar-refractivity contribution in [3.8, 4) is 0 Å². The van der Waals surface area contributed by atoms with Gasteiger partial charge in [-0.05, 0) is 49.2 Å². The van der Waals surface area contributed by atoms with Crippen molar-refractivity contribution in [3.05, 3.63) is 65.4 Å². The summed E-state index contributed by atoms with van der Waals surface area (Å²) in [6.07, 6.45) is -2.77. The van der Waals surface area contributed by atoms with E-state index in [2.05, 4.69) is 0 Å². The van der Waals surface area contributed by atoms with Crippen LogP contribution in [-0.2, 0) is 25.8 Å². The van der Waals surface area contributed by atoms with E-state index in [9.17, 15) is 26.4 Å². The van der Waals surface area contributed by atoms with Crippen molar-refractivity contribution < 1.29 is 31.2 Å². The molecule has 1 aliphatic rings. The molecule has 2 aromatic carbocycles. The van der Waals surface area contributed by atoms with E-state index in [4.69, 9.17) is 4.84 Å². The van der Waals surface area contributed by atoms with Crippen LogP contribution in [0, 0.1) is 6.92 Å². The molecule has 2 atom stereocenters. The summed E-state index contributed by atoms with van der Waals surface area (Å²) in [4.78, 5) is 17.0. The van der Waals surface area contributed by atoms with Crippen LogP contribution in [-0.4, -0.2) is 36.5 Å². The molecule has 0 aliphatic heterocycles. The highest BCUT2D eigenvalue weighted by Crippen LogP contribution is 2.48. The monoisotopic (exact) mass is 466 g/mol. The molecule has 10 heteroatoms. The standard InChI is InChI=1S/C22H21F3N2O4S/c1-13-4-7-16(8-5-13)32(29,30)26-12-19(18-11-21(18)27(31-3)14(2)28)17-10-15(22(23,24)25)6-9-20(17)26/h4-10,12,18,21H,11H2,1-3H3/t18-,21+/m0/s1. The first-order valence-corrected chi connectivity index (χ1v) is 11.3. The summed E-state index contributed by atoms with van der Waals surface area (Å²) in [5, 5.41) is 1.35. The zero-order valence-corrected chi connectivity index (χ0v) is 18.4. The number of rotatable bonds is 5. The lowest BCUT2D eigenvalue weighted by molar-refractivity contribution is -0.176. The predicted octanol–water partition coefficient (Wildman–Crippen LogP) is 4.47. The number of hydrogen-bond acceptors (Lipinski definition) is 4. The molecule has 1 fully saturated rings. The van der Waals surface area contributed by atoms with Crippen LogP contribution in [0.5, 0.6) is 0 Å². The Bertz CT molecular complexity index is 1300. The first kappa shape index (κ1) is 22.3. The molecule has 0 N–H and O–H groups in total. The summed E-state index contributed by atoms with van der Waals surface area (Å²) in [6, 6.07) is 8.85. The first-order chi connectivity index (χ1) is 14.9. The Hall–Kier alpha value is -2.85. The molecule has 0 radical (unpaired) electrons. The van der Waals surface area contributed by atoms with Crippen LogP contribution < -0.4 is 0 Å². The molecule has 1 aromatic heterocycles. The van der Waals surface area contributed by atoms with Crippen LogP contribution in [0.25, 0.3) is 10.9 Å². The minimum absolute atomic E-state index is 0.0287. The molecule has 170 valence electrons. The second-order valence-electron chi connectivity index (χ2n) is 7.86. The summed E-state index contributed by atoms with van der Waals surface area (Å²) < 4.78 is 67.8. The maximum Gasteiger partial charge on any atom is 0.416 e. The average Bonchev–Trinajstić information content (AvgIpc) is 3.38. The molecule has 4 rings (SSSR count). The van der Waals surface area contributed by atoms with Gasteiger partial charge in [0, 0.05) is 24.4 Å². The van der Waals surface area contributed by atoms with Gasteiger partial charge in [0.1, 0.15) is 0 Å². The Kier molecular flexibility index (Phi) is 5.33. The number of aromatic nitrogens is 1. The van der Waals surface area contributed by atoms with Crippen molar-refractivity contribution in [3.63, 3.8) is 0 Å². The summed E-state index contributed by atoms with van der Waals surface area (Å²) in [7, 11) is -2.71.